The highest BCUT2D eigenvalue weighted by Crippen LogP contribution is 2.27. The predicted octanol–water partition coefficient (Wildman–Crippen LogP) is 3.14. The van der Waals surface area contributed by atoms with Crippen molar-refractivity contribution in [2.45, 2.75) is 33.4 Å². The number of nitrogens with one attached hydrogen (secondary N) is 1. The van der Waals surface area contributed by atoms with Crippen molar-refractivity contribution in [1.82, 2.24) is 5.32 Å². The molecule has 0 saturated heterocycles. The summed E-state index contributed by atoms with van der Waals surface area (Å²) in [6.07, 6.45) is -0.624. The molecular weight excluding hydrogens is 322 g/mol. The molecule has 1 rings (SSSR count). The van der Waals surface area contributed by atoms with Crippen molar-refractivity contribution in [2.75, 3.05) is 13.7 Å². The van der Waals surface area contributed by atoms with Crippen LogP contribution in [-0.2, 0) is 16.1 Å². The summed E-state index contributed by atoms with van der Waals surface area (Å²) in [6, 6.07) is 5.83. The predicted molar refractivity (Wildman–Crippen MR) is 82.8 cm³/mol. The molecule has 0 aliphatic heterocycles. The minimum absolute atomic E-state index is 0.389. The van der Waals surface area contributed by atoms with Crippen LogP contribution in [0.3, 0.4) is 0 Å². The average Bonchev–Trinajstić information content (AvgIpc) is 2.40. The van der Waals surface area contributed by atoms with Crippen molar-refractivity contribution in [3.05, 3.63) is 28.2 Å². The number of halogens is 1. The second kappa shape index (κ2) is 8.27. The van der Waals surface area contributed by atoms with E-state index < -0.39 is 6.10 Å². The zero-order chi connectivity index (χ0) is 15.1. The third-order valence-corrected chi connectivity index (χ3v) is 3.33. The maximum Gasteiger partial charge on any atom is 0.346 e. The lowest BCUT2D eigenvalue weighted by molar-refractivity contribution is -0.147. The molecule has 0 amide bonds. The molecule has 0 fully saturated rings. The maximum atomic E-state index is 11.3. The summed E-state index contributed by atoms with van der Waals surface area (Å²) >= 11 is 3.46. The monoisotopic (exact) mass is 343 g/mol. The number of rotatable bonds is 7. The van der Waals surface area contributed by atoms with Gasteiger partial charge in [0.1, 0.15) is 5.75 Å². The minimum atomic E-state index is -0.624. The molecule has 1 unspecified atom stereocenters. The molecule has 1 atom stereocenters. The fourth-order valence-corrected chi connectivity index (χ4v) is 2.18. The van der Waals surface area contributed by atoms with E-state index in [1.807, 2.05) is 18.2 Å². The topological polar surface area (TPSA) is 47.6 Å². The molecule has 20 heavy (non-hydrogen) atoms. The van der Waals surface area contributed by atoms with Crippen molar-refractivity contribution in [3.63, 3.8) is 0 Å². The number of hydrogen-bond acceptors (Lipinski definition) is 4. The van der Waals surface area contributed by atoms with Gasteiger partial charge in [0, 0.05) is 6.54 Å². The van der Waals surface area contributed by atoms with E-state index in [2.05, 4.69) is 39.8 Å². The van der Waals surface area contributed by atoms with Crippen molar-refractivity contribution in [2.24, 2.45) is 5.92 Å². The third-order valence-electron chi connectivity index (χ3n) is 2.71. The minimum Gasteiger partial charge on any atom is -0.478 e. The Morgan fingerprint density at radius 3 is 2.60 bits per heavy atom. The second-order valence-corrected chi connectivity index (χ2v) is 5.93. The van der Waals surface area contributed by atoms with Crippen LogP contribution >= 0.6 is 15.9 Å². The van der Waals surface area contributed by atoms with E-state index in [1.165, 1.54) is 7.11 Å². The normalized spacial score (nSPS) is 12.3. The van der Waals surface area contributed by atoms with Gasteiger partial charge in [-0.25, -0.2) is 4.79 Å². The molecule has 5 heteroatoms. The Morgan fingerprint density at radius 2 is 2.05 bits per heavy atom. The van der Waals surface area contributed by atoms with Gasteiger partial charge in [-0.1, -0.05) is 19.9 Å². The van der Waals surface area contributed by atoms with Crippen molar-refractivity contribution in [1.29, 1.82) is 0 Å². The lowest BCUT2D eigenvalue weighted by atomic mass is 10.2. The van der Waals surface area contributed by atoms with E-state index in [1.54, 1.807) is 6.92 Å². The van der Waals surface area contributed by atoms with Crippen LogP contribution in [0.15, 0.2) is 22.7 Å². The average molecular weight is 344 g/mol. The number of hydrogen-bond donors (Lipinski definition) is 1. The highest BCUT2D eigenvalue weighted by Gasteiger charge is 2.16. The Bertz CT molecular complexity index is 449. The molecular formula is C15H22BrNO3. The Labute approximate surface area is 129 Å². The van der Waals surface area contributed by atoms with E-state index in [0.717, 1.165) is 23.1 Å². The highest BCUT2D eigenvalue weighted by atomic mass is 79.9. The molecule has 0 heterocycles. The summed E-state index contributed by atoms with van der Waals surface area (Å²) in [6.45, 7) is 7.80. The van der Waals surface area contributed by atoms with Crippen LogP contribution in [0.1, 0.15) is 26.3 Å². The van der Waals surface area contributed by atoms with E-state index in [0.29, 0.717) is 11.7 Å². The Morgan fingerprint density at radius 1 is 1.35 bits per heavy atom. The van der Waals surface area contributed by atoms with Gasteiger partial charge in [0.15, 0.2) is 6.10 Å². The molecule has 0 spiro atoms. The molecule has 1 N–H and O–H groups in total. The van der Waals surface area contributed by atoms with Gasteiger partial charge in [0.05, 0.1) is 11.6 Å². The first-order chi connectivity index (χ1) is 9.43. The quantitative estimate of drug-likeness (QED) is 0.772. The Hall–Kier alpha value is -1.07. The summed E-state index contributed by atoms with van der Waals surface area (Å²) in [5.74, 6) is 0.872. The SMILES string of the molecule is COC(=O)C(C)Oc1ccc(CNCC(C)C)cc1Br. The first kappa shape index (κ1) is 17.0. The van der Waals surface area contributed by atoms with Crippen LogP contribution in [0.5, 0.6) is 5.75 Å². The molecule has 4 nitrogen and oxygen atoms in total. The van der Waals surface area contributed by atoms with Gasteiger partial charge in [-0.3, -0.25) is 0 Å². The highest BCUT2D eigenvalue weighted by molar-refractivity contribution is 9.10. The fraction of sp³-hybridized carbons (Fsp3) is 0.533. The van der Waals surface area contributed by atoms with Gasteiger partial charge >= 0.3 is 5.97 Å². The molecule has 1 aromatic carbocycles. The number of carbonyl (C=O) groups excluding carboxylic acids is 1. The maximum absolute atomic E-state index is 11.3. The Kier molecular flexibility index (Phi) is 7.02. The standard InChI is InChI=1S/C15H22BrNO3/c1-10(2)8-17-9-12-5-6-14(13(16)7-12)20-11(3)15(18)19-4/h5-7,10-11,17H,8-9H2,1-4H3. The van der Waals surface area contributed by atoms with E-state index in [9.17, 15) is 4.79 Å². The van der Waals surface area contributed by atoms with Crippen LogP contribution in [0.25, 0.3) is 0 Å². The van der Waals surface area contributed by atoms with Gasteiger partial charge in [-0.05, 0) is 53.0 Å². The summed E-state index contributed by atoms with van der Waals surface area (Å²) in [4.78, 5) is 11.3. The zero-order valence-electron chi connectivity index (χ0n) is 12.4. The molecule has 1 aromatic rings. The van der Waals surface area contributed by atoms with Crippen LogP contribution in [0.4, 0.5) is 0 Å². The van der Waals surface area contributed by atoms with Gasteiger partial charge in [0.2, 0.25) is 0 Å². The molecule has 0 aromatic heterocycles. The van der Waals surface area contributed by atoms with E-state index in [4.69, 9.17) is 4.74 Å². The van der Waals surface area contributed by atoms with E-state index >= 15 is 0 Å². The molecule has 0 bridgehead atoms. The molecule has 0 radical (unpaired) electrons. The summed E-state index contributed by atoms with van der Waals surface area (Å²) in [7, 11) is 1.35. The smallest absolute Gasteiger partial charge is 0.346 e. The fourth-order valence-electron chi connectivity index (χ4n) is 1.66. The zero-order valence-corrected chi connectivity index (χ0v) is 14.0. The number of benzene rings is 1. The van der Waals surface area contributed by atoms with Crippen LogP contribution in [-0.4, -0.2) is 25.7 Å². The van der Waals surface area contributed by atoms with Gasteiger partial charge in [-0.15, -0.1) is 0 Å². The second-order valence-electron chi connectivity index (χ2n) is 5.07. The van der Waals surface area contributed by atoms with Crippen molar-refractivity contribution in [3.8, 4) is 5.75 Å². The first-order valence-corrected chi connectivity index (χ1v) is 7.47. The van der Waals surface area contributed by atoms with Crippen LogP contribution < -0.4 is 10.1 Å². The number of esters is 1. The first-order valence-electron chi connectivity index (χ1n) is 6.67. The largest absolute Gasteiger partial charge is 0.478 e. The van der Waals surface area contributed by atoms with Gasteiger partial charge < -0.3 is 14.8 Å². The lowest BCUT2D eigenvalue weighted by Crippen LogP contribution is -2.25. The summed E-state index contributed by atoms with van der Waals surface area (Å²) in [5, 5.41) is 3.38. The van der Waals surface area contributed by atoms with Crippen molar-refractivity contribution < 1.29 is 14.3 Å². The van der Waals surface area contributed by atoms with E-state index in [-0.39, 0.29) is 5.97 Å². The van der Waals surface area contributed by atoms with Crippen LogP contribution in [0.2, 0.25) is 0 Å². The van der Waals surface area contributed by atoms with Crippen molar-refractivity contribution >= 4 is 21.9 Å². The number of methoxy groups -OCH3 is 1. The molecule has 112 valence electrons. The molecule has 0 aliphatic carbocycles. The summed E-state index contributed by atoms with van der Waals surface area (Å²) < 4.78 is 11.0. The van der Waals surface area contributed by atoms with Gasteiger partial charge in [-0.2, -0.15) is 0 Å². The summed E-state index contributed by atoms with van der Waals surface area (Å²) in [5.41, 5.74) is 1.16. The molecule has 0 aliphatic rings. The van der Waals surface area contributed by atoms with Crippen LogP contribution in [0, 0.1) is 5.92 Å². The molecule has 0 saturated carbocycles. The number of carbonyl (C=O) groups is 1. The van der Waals surface area contributed by atoms with Gasteiger partial charge in [0.25, 0.3) is 0 Å². The Balaban J connectivity index is 2.61. The number of ether oxygens (including phenoxy) is 2. The third kappa shape index (κ3) is 5.51. The lowest BCUT2D eigenvalue weighted by Gasteiger charge is -2.14.